The van der Waals surface area contributed by atoms with E-state index in [0.29, 0.717) is 12.0 Å². The lowest BCUT2D eigenvalue weighted by molar-refractivity contribution is 0.229. The molecule has 0 unspecified atom stereocenters. The van der Waals surface area contributed by atoms with Gasteiger partial charge in [0.15, 0.2) is 0 Å². The molecular weight excluding hydrogens is 292 g/mol. The minimum absolute atomic E-state index is 0.0219. The van der Waals surface area contributed by atoms with Crippen LogP contribution in [-0.2, 0) is 4.74 Å². The fourth-order valence-electron chi connectivity index (χ4n) is 2.07. The molecule has 0 radical (unpaired) electrons. The molecule has 2 heterocycles. The zero-order valence-electron chi connectivity index (χ0n) is 13.2. The lowest BCUT2D eigenvalue weighted by Gasteiger charge is -2.07. The molecule has 0 spiro atoms. The molecule has 3 N–H and O–H groups in total. The van der Waals surface area contributed by atoms with Gasteiger partial charge >= 0.3 is 0 Å². The van der Waals surface area contributed by atoms with Crippen LogP contribution in [-0.4, -0.2) is 38.2 Å². The van der Waals surface area contributed by atoms with E-state index in [1.807, 2.05) is 19.9 Å². The first-order valence-corrected chi connectivity index (χ1v) is 7.68. The lowest BCUT2D eigenvalue weighted by Crippen LogP contribution is -2.07. The Morgan fingerprint density at radius 3 is 3.04 bits per heavy atom. The molecule has 120 valence electrons. The smallest absolute Gasteiger partial charge is 0.223 e. The van der Waals surface area contributed by atoms with E-state index in [1.165, 1.54) is 12.8 Å². The molecule has 2 aromatic rings. The summed E-state index contributed by atoms with van der Waals surface area (Å²) in [5.74, 6) is 0.747. The van der Waals surface area contributed by atoms with Gasteiger partial charge in [-0.2, -0.15) is 5.10 Å². The Kier molecular flexibility index (Phi) is 4.36. The first-order valence-electron chi connectivity index (χ1n) is 7.68. The van der Waals surface area contributed by atoms with Gasteiger partial charge in [-0.3, -0.25) is 10.5 Å². The van der Waals surface area contributed by atoms with Gasteiger partial charge in [-0.1, -0.05) is 0 Å². The summed E-state index contributed by atoms with van der Waals surface area (Å²) in [5, 5.41) is 18.0. The molecule has 1 aliphatic carbocycles. The van der Waals surface area contributed by atoms with Crippen molar-refractivity contribution in [2.24, 2.45) is 0 Å². The van der Waals surface area contributed by atoms with Gasteiger partial charge in [-0.25, -0.2) is 9.97 Å². The molecule has 1 aliphatic rings. The van der Waals surface area contributed by atoms with Gasteiger partial charge in [-0.05, 0) is 38.8 Å². The van der Waals surface area contributed by atoms with E-state index in [0.717, 1.165) is 17.0 Å². The number of ether oxygens (including phenoxy) is 1. The van der Waals surface area contributed by atoms with Crippen molar-refractivity contribution in [3.8, 4) is 11.3 Å². The summed E-state index contributed by atoms with van der Waals surface area (Å²) in [4.78, 5) is 8.77. The number of aromatic amines is 1. The van der Waals surface area contributed by atoms with Gasteiger partial charge in [0.1, 0.15) is 0 Å². The molecule has 23 heavy (non-hydrogen) atoms. The van der Waals surface area contributed by atoms with Gasteiger partial charge in [0.25, 0.3) is 0 Å². The number of aromatic nitrogens is 4. The van der Waals surface area contributed by atoms with Crippen LogP contribution >= 0.6 is 0 Å². The number of nitrogens with one attached hydrogen (secondary N) is 3. The van der Waals surface area contributed by atoms with Crippen molar-refractivity contribution in [1.29, 1.82) is 5.41 Å². The topological polar surface area (TPSA) is 99.6 Å². The SMILES string of the molecule is CC(C)OC(=N)/C=C\c1[nH]ncc1-c1ccnc(NC2CC2)n1. The number of rotatable bonds is 6. The summed E-state index contributed by atoms with van der Waals surface area (Å²) in [6, 6.07) is 2.35. The third kappa shape index (κ3) is 4.15. The molecule has 0 aliphatic heterocycles. The Hall–Kier alpha value is -2.70. The molecule has 0 amide bonds. The van der Waals surface area contributed by atoms with Crippen molar-refractivity contribution in [3.63, 3.8) is 0 Å². The predicted molar refractivity (Wildman–Crippen MR) is 89.2 cm³/mol. The normalized spacial score (nSPS) is 14.4. The van der Waals surface area contributed by atoms with Crippen molar-refractivity contribution in [1.82, 2.24) is 20.2 Å². The van der Waals surface area contributed by atoms with Gasteiger partial charge in [0, 0.05) is 23.9 Å². The number of H-pyrrole nitrogens is 1. The van der Waals surface area contributed by atoms with Crippen LogP contribution in [0.2, 0.25) is 0 Å². The maximum atomic E-state index is 7.74. The first kappa shape index (κ1) is 15.2. The molecule has 0 atom stereocenters. The van der Waals surface area contributed by atoms with Crippen molar-refractivity contribution in [3.05, 3.63) is 30.2 Å². The molecule has 1 fully saturated rings. The van der Waals surface area contributed by atoms with Crippen LogP contribution < -0.4 is 5.32 Å². The molecule has 7 heteroatoms. The lowest BCUT2D eigenvalue weighted by atomic mass is 10.1. The Balaban J connectivity index is 1.77. The summed E-state index contributed by atoms with van der Waals surface area (Å²) in [6.45, 7) is 3.78. The summed E-state index contributed by atoms with van der Waals surface area (Å²) >= 11 is 0. The van der Waals surface area contributed by atoms with Crippen LogP contribution in [0.4, 0.5) is 5.95 Å². The fraction of sp³-hybridized carbons (Fsp3) is 0.375. The Bertz CT molecular complexity index is 717. The summed E-state index contributed by atoms with van der Waals surface area (Å²) < 4.78 is 5.29. The second-order valence-corrected chi connectivity index (χ2v) is 5.75. The van der Waals surface area contributed by atoms with Gasteiger partial charge < -0.3 is 10.1 Å². The molecule has 1 saturated carbocycles. The van der Waals surface area contributed by atoms with Crippen LogP contribution in [0.5, 0.6) is 0 Å². The van der Waals surface area contributed by atoms with E-state index in [9.17, 15) is 0 Å². The van der Waals surface area contributed by atoms with Crippen molar-refractivity contribution in [2.75, 3.05) is 5.32 Å². The van der Waals surface area contributed by atoms with E-state index >= 15 is 0 Å². The highest BCUT2D eigenvalue weighted by Gasteiger charge is 2.22. The Labute approximate surface area is 134 Å². The largest absolute Gasteiger partial charge is 0.475 e. The maximum Gasteiger partial charge on any atom is 0.223 e. The summed E-state index contributed by atoms with van der Waals surface area (Å²) in [7, 11) is 0. The second-order valence-electron chi connectivity index (χ2n) is 5.75. The van der Waals surface area contributed by atoms with E-state index in [4.69, 9.17) is 10.1 Å². The highest BCUT2D eigenvalue weighted by atomic mass is 16.5. The highest BCUT2D eigenvalue weighted by Crippen LogP contribution is 2.25. The van der Waals surface area contributed by atoms with E-state index in [2.05, 4.69) is 25.5 Å². The second kappa shape index (κ2) is 6.60. The van der Waals surface area contributed by atoms with Crippen molar-refractivity contribution < 1.29 is 4.74 Å². The predicted octanol–water partition coefficient (Wildman–Crippen LogP) is 2.86. The minimum atomic E-state index is -0.0219. The summed E-state index contributed by atoms with van der Waals surface area (Å²) in [6.07, 6.45) is 9.14. The van der Waals surface area contributed by atoms with Crippen LogP contribution in [0.25, 0.3) is 17.3 Å². The first-order chi connectivity index (χ1) is 11.1. The van der Waals surface area contributed by atoms with E-state index < -0.39 is 0 Å². The summed E-state index contributed by atoms with van der Waals surface area (Å²) in [5.41, 5.74) is 2.42. The van der Waals surface area contributed by atoms with Gasteiger partial charge in [0.05, 0.1) is 23.7 Å². The number of hydrogen-bond donors (Lipinski definition) is 3. The van der Waals surface area contributed by atoms with Gasteiger partial charge in [0.2, 0.25) is 11.8 Å². The zero-order chi connectivity index (χ0) is 16.2. The molecule has 2 aromatic heterocycles. The van der Waals surface area contributed by atoms with Crippen LogP contribution in [0.15, 0.2) is 24.5 Å². The molecule has 3 rings (SSSR count). The van der Waals surface area contributed by atoms with Crippen molar-refractivity contribution >= 4 is 17.9 Å². The molecule has 0 saturated heterocycles. The molecule has 0 aromatic carbocycles. The number of hydrogen-bond acceptors (Lipinski definition) is 6. The average Bonchev–Trinajstić information content (AvgIpc) is 3.19. The third-order valence-corrected chi connectivity index (χ3v) is 3.27. The zero-order valence-corrected chi connectivity index (χ0v) is 13.2. The van der Waals surface area contributed by atoms with Crippen LogP contribution in [0.3, 0.4) is 0 Å². The van der Waals surface area contributed by atoms with Crippen LogP contribution in [0, 0.1) is 5.41 Å². The maximum absolute atomic E-state index is 7.74. The van der Waals surface area contributed by atoms with Crippen LogP contribution in [0.1, 0.15) is 32.4 Å². The van der Waals surface area contributed by atoms with Gasteiger partial charge in [-0.15, -0.1) is 0 Å². The molecular formula is C16H20N6O. The number of anilines is 1. The molecule has 0 bridgehead atoms. The highest BCUT2D eigenvalue weighted by molar-refractivity contribution is 5.90. The Morgan fingerprint density at radius 2 is 2.30 bits per heavy atom. The average molecular weight is 312 g/mol. The molecule has 7 nitrogen and oxygen atoms in total. The fourth-order valence-corrected chi connectivity index (χ4v) is 2.07. The number of nitrogens with zero attached hydrogens (tertiary/aromatic N) is 3. The van der Waals surface area contributed by atoms with E-state index in [-0.39, 0.29) is 12.0 Å². The monoisotopic (exact) mass is 312 g/mol. The third-order valence-electron chi connectivity index (χ3n) is 3.27. The Morgan fingerprint density at radius 1 is 1.48 bits per heavy atom. The van der Waals surface area contributed by atoms with E-state index in [1.54, 1.807) is 24.5 Å². The van der Waals surface area contributed by atoms with Crippen molar-refractivity contribution in [2.45, 2.75) is 38.8 Å². The minimum Gasteiger partial charge on any atom is -0.475 e. The quantitative estimate of drug-likeness (QED) is 0.562. The standard InChI is InChI=1S/C16H20N6O/c1-10(2)23-15(17)6-5-14-12(9-19-22-14)13-7-8-18-16(21-13)20-11-3-4-11/h5-11,17H,3-4H2,1-2H3,(H,19,22)(H,18,20,21)/b6-5-,17-15?.